The number of benzene rings is 2. The highest BCUT2D eigenvalue weighted by molar-refractivity contribution is 5.66. The summed E-state index contributed by atoms with van der Waals surface area (Å²) in [6.07, 6.45) is 3.78. The van der Waals surface area contributed by atoms with Gasteiger partial charge < -0.3 is 14.4 Å². The Labute approximate surface area is 172 Å². The third-order valence-corrected chi connectivity index (χ3v) is 5.01. The molecule has 0 spiro atoms. The molecule has 0 unspecified atom stereocenters. The van der Waals surface area contributed by atoms with Crippen LogP contribution >= 0.6 is 0 Å². The Morgan fingerprint density at radius 2 is 1.86 bits per heavy atom. The van der Waals surface area contributed by atoms with Crippen molar-refractivity contribution in [3.8, 4) is 17.1 Å². The molecule has 0 radical (unpaired) electrons. The number of hydrogen-bond acceptors (Lipinski definition) is 3. The van der Waals surface area contributed by atoms with Gasteiger partial charge >= 0.3 is 5.97 Å². The lowest BCUT2D eigenvalue weighted by Gasteiger charge is -2.15. The summed E-state index contributed by atoms with van der Waals surface area (Å²) in [6.45, 7) is 5.29. The number of nitrogens with zero attached hydrogens (tertiary/aromatic N) is 2. The van der Waals surface area contributed by atoms with Crippen LogP contribution in [0, 0.1) is 12.8 Å². The van der Waals surface area contributed by atoms with Crippen LogP contribution in [0.4, 0.5) is 0 Å². The average molecular weight is 392 g/mol. The van der Waals surface area contributed by atoms with Gasteiger partial charge in [-0.25, -0.2) is 4.98 Å². The molecule has 0 fully saturated rings. The van der Waals surface area contributed by atoms with Crippen molar-refractivity contribution in [1.29, 1.82) is 0 Å². The molecular formula is C24H28N2O3. The van der Waals surface area contributed by atoms with Gasteiger partial charge in [0.05, 0.1) is 13.2 Å². The van der Waals surface area contributed by atoms with Crippen LogP contribution in [0.1, 0.15) is 37.4 Å². The lowest BCUT2D eigenvalue weighted by Crippen LogP contribution is -2.09. The average Bonchev–Trinajstić information content (AvgIpc) is 3.07. The van der Waals surface area contributed by atoms with Gasteiger partial charge in [-0.2, -0.15) is 0 Å². The van der Waals surface area contributed by atoms with E-state index in [0.717, 1.165) is 41.2 Å². The van der Waals surface area contributed by atoms with E-state index >= 15 is 0 Å². The Balaban J connectivity index is 1.68. The van der Waals surface area contributed by atoms with E-state index in [-0.39, 0.29) is 12.3 Å². The predicted molar refractivity (Wildman–Crippen MR) is 114 cm³/mol. The highest BCUT2D eigenvalue weighted by atomic mass is 16.5. The number of carboxylic acid groups (broad SMARTS) is 1. The fraction of sp³-hybridized carbons (Fsp3) is 0.333. The van der Waals surface area contributed by atoms with Gasteiger partial charge in [0.25, 0.3) is 0 Å². The van der Waals surface area contributed by atoms with Crippen LogP contribution < -0.4 is 4.74 Å². The molecule has 3 rings (SSSR count). The van der Waals surface area contributed by atoms with Gasteiger partial charge in [0.1, 0.15) is 11.6 Å². The van der Waals surface area contributed by atoms with Gasteiger partial charge in [0, 0.05) is 29.4 Å². The third-order valence-electron chi connectivity index (χ3n) is 5.01. The molecule has 29 heavy (non-hydrogen) atoms. The number of aromatic nitrogens is 2. The number of aryl methyl sites for hydroxylation is 1. The van der Waals surface area contributed by atoms with Crippen LogP contribution in [-0.2, 0) is 11.3 Å². The van der Waals surface area contributed by atoms with Crippen LogP contribution in [-0.4, -0.2) is 27.2 Å². The van der Waals surface area contributed by atoms with E-state index in [1.807, 2.05) is 49.5 Å². The Bertz CT molecular complexity index is 934. The molecule has 1 aromatic heterocycles. The van der Waals surface area contributed by atoms with E-state index < -0.39 is 5.97 Å². The van der Waals surface area contributed by atoms with Gasteiger partial charge in [0.2, 0.25) is 0 Å². The first-order chi connectivity index (χ1) is 14.0. The second-order valence-corrected chi connectivity index (χ2v) is 7.48. The van der Waals surface area contributed by atoms with Crippen LogP contribution in [0.15, 0.2) is 60.8 Å². The Morgan fingerprint density at radius 1 is 1.14 bits per heavy atom. The summed E-state index contributed by atoms with van der Waals surface area (Å²) >= 11 is 0. The number of imidazole rings is 1. The van der Waals surface area contributed by atoms with E-state index in [0.29, 0.717) is 13.2 Å². The summed E-state index contributed by atoms with van der Waals surface area (Å²) in [5.41, 5.74) is 3.29. The fourth-order valence-corrected chi connectivity index (χ4v) is 3.44. The second kappa shape index (κ2) is 9.92. The summed E-state index contributed by atoms with van der Waals surface area (Å²) in [4.78, 5) is 15.4. The molecule has 0 bridgehead atoms. The lowest BCUT2D eigenvalue weighted by molar-refractivity contribution is -0.138. The highest BCUT2D eigenvalue weighted by Crippen LogP contribution is 2.25. The number of carboxylic acids is 1. The van der Waals surface area contributed by atoms with Gasteiger partial charge in [0.15, 0.2) is 0 Å². The fourth-order valence-electron chi connectivity index (χ4n) is 3.44. The van der Waals surface area contributed by atoms with E-state index in [9.17, 15) is 4.79 Å². The molecule has 1 N–H and O–H groups in total. The van der Waals surface area contributed by atoms with Gasteiger partial charge in [-0.1, -0.05) is 55.5 Å². The Morgan fingerprint density at radius 3 is 2.62 bits per heavy atom. The molecule has 0 aliphatic heterocycles. The zero-order chi connectivity index (χ0) is 20.6. The number of aliphatic carboxylic acids is 1. The lowest BCUT2D eigenvalue weighted by atomic mass is 10.0. The molecule has 2 aromatic carbocycles. The summed E-state index contributed by atoms with van der Waals surface area (Å²) in [5, 5.41) is 8.87. The summed E-state index contributed by atoms with van der Waals surface area (Å²) < 4.78 is 8.25. The molecule has 3 aromatic rings. The van der Waals surface area contributed by atoms with Crippen LogP contribution in [0.2, 0.25) is 0 Å². The van der Waals surface area contributed by atoms with Crippen molar-refractivity contribution in [2.24, 2.45) is 5.92 Å². The van der Waals surface area contributed by atoms with Crippen molar-refractivity contribution in [2.75, 3.05) is 6.61 Å². The molecule has 152 valence electrons. The largest absolute Gasteiger partial charge is 0.493 e. The maximum atomic E-state index is 10.8. The molecule has 0 aliphatic carbocycles. The molecule has 0 aliphatic rings. The van der Waals surface area contributed by atoms with Gasteiger partial charge in [-0.15, -0.1) is 0 Å². The zero-order valence-electron chi connectivity index (χ0n) is 17.0. The zero-order valence-corrected chi connectivity index (χ0v) is 17.0. The molecule has 0 saturated heterocycles. The van der Waals surface area contributed by atoms with Crippen LogP contribution in [0.3, 0.4) is 0 Å². The van der Waals surface area contributed by atoms with Crippen molar-refractivity contribution >= 4 is 5.97 Å². The third kappa shape index (κ3) is 5.70. The molecule has 1 atom stereocenters. The standard InChI is InChI=1S/C24H28N2O3/c1-18(15-23(27)28)9-8-14-29-22-13-7-6-12-21(22)17-26-19(2)16-25-24(26)20-10-4-3-5-11-20/h3-7,10-13,16,18H,8-9,14-15,17H2,1-2H3,(H,27,28)/t18-/m1/s1. The number of hydrogen-bond donors (Lipinski definition) is 1. The Hall–Kier alpha value is -3.08. The molecule has 5 nitrogen and oxygen atoms in total. The molecule has 0 saturated carbocycles. The molecular weight excluding hydrogens is 364 g/mol. The van der Waals surface area contributed by atoms with Crippen LogP contribution in [0.25, 0.3) is 11.4 Å². The minimum Gasteiger partial charge on any atom is -0.493 e. The predicted octanol–water partition coefficient (Wildman–Crippen LogP) is 5.18. The summed E-state index contributed by atoms with van der Waals surface area (Å²) in [5.74, 6) is 1.23. The van der Waals surface area contributed by atoms with Crippen molar-refractivity contribution in [3.05, 3.63) is 72.1 Å². The summed E-state index contributed by atoms with van der Waals surface area (Å²) in [6, 6.07) is 18.2. The summed E-state index contributed by atoms with van der Waals surface area (Å²) in [7, 11) is 0. The first kappa shape index (κ1) is 20.6. The van der Waals surface area contributed by atoms with E-state index in [2.05, 4.69) is 34.7 Å². The number of carbonyl (C=O) groups is 1. The first-order valence-corrected chi connectivity index (χ1v) is 10.0. The minimum atomic E-state index is -0.742. The van der Waals surface area contributed by atoms with E-state index in [1.165, 1.54) is 0 Å². The molecule has 0 amide bonds. The second-order valence-electron chi connectivity index (χ2n) is 7.48. The van der Waals surface area contributed by atoms with Gasteiger partial charge in [-0.05, 0) is 31.7 Å². The first-order valence-electron chi connectivity index (χ1n) is 10.0. The minimum absolute atomic E-state index is 0.161. The van der Waals surface area contributed by atoms with Gasteiger partial charge in [-0.3, -0.25) is 4.79 Å². The Kier molecular flexibility index (Phi) is 7.06. The smallest absolute Gasteiger partial charge is 0.303 e. The van der Waals surface area contributed by atoms with Crippen molar-refractivity contribution in [3.63, 3.8) is 0 Å². The quantitative estimate of drug-likeness (QED) is 0.483. The molecule has 5 heteroatoms. The van der Waals surface area contributed by atoms with E-state index in [1.54, 1.807) is 0 Å². The monoisotopic (exact) mass is 392 g/mol. The maximum Gasteiger partial charge on any atom is 0.303 e. The normalized spacial score (nSPS) is 11.9. The van der Waals surface area contributed by atoms with Crippen molar-refractivity contribution in [2.45, 2.75) is 39.7 Å². The number of para-hydroxylation sites is 1. The van der Waals surface area contributed by atoms with Crippen molar-refractivity contribution < 1.29 is 14.6 Å². The number of rotatable bonds is 10. The number of ether oxygens (including phenoxy) is 1. The van der Waals surface area contributed by atoms with Crippen LogP contribution in [0.5, 0.6) is 5.75 Å². The topological polar surface area (TPSA) is 64.4 Å². The molecule has 1 heterocycles. The maximum absolute atomic E-state index is 10.8. The highest BCUT2D eigenvalue weighted by Gasteiger charge is 2.12. The van der Waals surface area contributed by atoms with Crippen molar-refractivity contribution in [1.82, 2.24) is 9.55 Å². The SMILES string of the molecule is Cc1cnc(-c2ccccc2)n1Cc1ccccc1OCCC[C@@H](C)CC(=O)O. The van der Waals surface area contributed by atoms with E-state index in [4.69, 9.17) is 9.84 Å².